The second kappa shape index (κ2) is 3.97. The highest BCUT2D eigenvalue weighted by molar-refractivity contribution is 5.85. The molecule has 2 atom stereocenters. The van der Waals surface area contributed by atoms with E-state index < -0.39 is 23.4 Å². The number of benzene rings is 1. The van der Waals surface area contributed by atoms with E-state index in [0.717, 1.165) is 6.07 Å². The lowest BCUT2D eigenvalue weighted by Crippen LogP contribution is -2.23. The van der Waals surface area contributed by atoms with Crippen LogP contribution in [0.5, 0.6) is 11.5 Å². The third-order valence-electron chi connectivity index (χ3n) is 3.37. The molecule has 0 spiro atoms. The van der Waals surface area contributed by atoms with Crippen LogP contribution in [0.3, 0.4) is 0 Å². The summed E-state index contributed by atoms with van der Waals surface area (Å²) in [7, 11) is 0. The highest BCUT2D eigenvalue weighted by atomic mass is 16.4. The number of phenolic OH excluding ortho intramolecular Hbond substituents is 2. The Labute approximate surface area is 107 Å². The molecule has 0 radical (unpaired) electrons. The van der Waals surface area contributed by atoms with Crippen molar-refractivity contribution < 1.29 is 24.8 Å². The molecule has 1 aliphatic rings. The van der Waals surface area contributed by atoms with Crippen LogP contribution in [-0.4, -0.2) is 20.4 Å². The molecule has 0 saturated heterocycles. The maximum atomic E-state index is 12.3. The van der Waals surface area contributed by atoms with Crippen LogP contribution in [-0.2, 0) is 0 Å². The molecule has 1 aromatic heterocycles. The molecule has 1 heterocycles. The van der Waals surface area contributed by atoms with Crippen LogP contribution in [0, 0.1) is 0 Å². The van der Waals surface area contributed by atoms with Crippen molar-refractivity contribution in [3.8, 4) is 11.5 Å². The normalized spacial score (nSPS) is 22.4. The van der Waals surface area contributed by atoms with Gasteiger partial charge in [0.25, 0.3) is 0 Å². The van der Waals surface area contributed by atoms with E-state index >= 15 is 0 Å². The zero-order chi connectivity index (χ0) is 13.7. The summed E-state index contributed by atoms with van der Waals surface area (Å²) in [6, 6.07) is 2.21. The van der Waals surface area contributed by atoms with E-state index in [0.29, 0.717) is 0 Å². The van der Waals surface area contributed by atoms with Crippen LogP contribution in [0.1, 0.15) is 36.4 Å². The average Bonchev–Trinajstić information content (AvgIpc) is 2.32. The summed E-state index contributed by atoms with van der Waals surface area (Å²) in [6.07, 6.45) is -1.45. The number of hydrogen-bond acceptors (Lipinski definition) is 6. The minimum atomic E-state index is -1.02. The Morgan fingerprint density at radius 2 is 1.79 bits per heavy atom. The second-order valence-corrected chi connectivity index (χ2v) is 4.66. The van der Waals surface area contributed by atoms with Crippen molar-refractivity contribution in [2.75, 3.05) is 0 Å². The first-order chi connectivity index (χ1) is 8.99. The van der Waals surface area contributed by atoms with Gasteiger partial charge in [-0.05, 0) is 12.8 Å². The fourth-order valence-corrected chi connectivity index (χ4v) is 2.47. The third-order valence-corrected chi connectivity index (χ3v) is 3.37. The summed E-state index contributed by atoms with van der Waals surface area (Å²) in [5.41, 5.74) is -0.623. The summed E-state index contributed by atoms with van der Waals surface area (Å²) < 4.78 is 5.38. The first kappa shape index (κ1) is 12.0. The van der Waals surface area contributed by atoms with Gasteiger partial charge in [0.05, 0.1) is 11.7 Å². The van der Waals surface area contributed by atoms with Gasteiger partial charge in [0.2, 0.25) is 5.43 Å². The van der Waals surface area contributed by atoms with E-state index in [1.165, 1.54) is 6.07 Å². The van der Waals surface area contributed by atoms with Crippen molar-refractivity contribution >= 4 is 11.0 Å². The van der Waals surface area contributed by atoms with Gasteiger partial charge in [-0.2, -0.15) is 0 Å². The number of aromatic hydroxyl groups is 2. The quantitative estimate of drug-likeness (QED) is 0.566. The molecule has 100 valence electrons. The zero-order valence-electron chi connectivity index (χ0n) is 9.83. The van der Waals surface area contributed by atoms with E-state index in [9.17, 15) is 25.2 Å². The van der Waals surface area contributed by atoms with E-state index in [-0.39, 0.29) is 40.9 Å². The van der Waals surface area contributed by atoms with Crippen molar-refractivity contribution in [3.63, 3.8) is 0 Å². The van der Waals surface area contributed by atoms with Crippen LogP contribution >= 0.6 is 0 Å². The highest BCUT2D eigenvalue weighted by Crippen LogP contribution is 2.38. The lowest BCUT2D eigenvalue weighted by molar-refractivity contribution is 0.0715. The van der Waals surface area contributed by atoms with E-state index in [1.54, 1.807) is 0 Å². The Morgan fingerprint density at radius 3 is 2.53 bits per heavy atom. The predicted octanol–water partition coefficient (Wildman–Crippen LogP) is 1.06. The maximum absolute atomic E-state index is 12.3. The molecule has 19 heavy (non-hydrogen) atoms. The molecule has 0 saturated carbocycles. The first-order valence-electron chi connectivity index (χ1n) is 5.87. The van der Waals surface area contributed by atoms with Crippen molar-refractivity contribution in [1.82, 2.24) is 0 Å². The lowest BCUT2D eigenvalue weighted by atomic mass is 9.91. The molecule has 6 nitrogen and oxygen atoms in total. The number of hydrogen-bond donors (Lipinski definition) is 4. The fraction of sp³-hybridized carbons (Fsp3) is 0.308. The molecule has 4 N–H and O–H groups in total. The largest absolute Gasteiger partial charge is 0.508 e. The van der Waals surface area contributed by atoms with Crippen molar-refractivity contribution in [2.45, 2.75) is 25.0 Å². The smallest absolute Gasteiger partial charge is 0.202 e. The fourth-order valence-electron chi connectivity index (χ4n) is 2.47. The van der Waals surface area contributed by atoms with Crippen molar-refractivity contribution in [3.05, 3.63) is 33.7 Å². The Hall–Kier alpha value is -2.05. The van der Waals surface area contributed by atoms with Gasteiger partial charge in [0, 0.05) is 12.1 Å². The van der Waals surface area contributed by atoms with Gasteiger partial charge < -0.3 is 24.8 Å². The third kappa shape index (κ3) is 1.68. The standard InChI is InChI=1S/C13H12O6/c14-5-3-8(17)10-9(4-5)19-13-7(16)2-1-6(15)11(13)12(10)18/h3-4,6-7,14-17H,1-2H2/t6-,7-/m1/s1. The van der Waals surface area contributed by atoms with Crippen LogP contribution in [0.15, 0.2) is 21.3 Å². The van der Waals surface area contributed by atoms with Crippen LogP contribution in [0.4, 0.5) is 0 Å². The number of fused-ring (bicyclic) bond motifs is 2. The highest BCUT2D eigenvalue weighted by Gasteiger charge is 2.31. The monoisotopic (exact) mass is 264 g/mol. The molecule has 3 rings (SSSR count). The Bertz CT molecular complexity index is 717. The van der Waals surface area contributed by atoms with E-state index in [2.05, 4.69) is 0 Å². The predicted molar refractivity (Wildman–Crippen MR) is 65.0 cm³/mol. The van der Waals surface area contributed by atoms with Crippen molar-refractivity contribution in [2.24, 2.45) is 0 Å². The van der Waals surface area contributed by atoms with Gasteiger partial charge in [-0.1, -0.05) is 0 Å². The Kier molecular flexibility index (Phi) is 2.51. The number of rotatable bonds is 0. The van der Waals surface area contributed by atoms with Gasteiger partial charge in [0.15, 0.2) is 0 Å². The molecule has 1 aromatic carbocycles. The van der Waals surface area contributed by atoms with Gasteiger partial charge in [-0.3, -0.25) is 4.79 Å². The topological polar surface area (TPSA) is 111 Å². The molecule has 2 aromatic rings. The van der Waals surface area contributed by atoms with Crippen LogP contribution in [0.2, 0.25) is 0 Å². The molecule has 0 fully saturated rings. The molecule has 1 aliphatic carbocycles. The average molecular weight is 264 g/mol. The van der Waals surface area contributed by atoms with Gasteiger partial charge in [0.1, 0.15) is 34.3 Å². The van der Waals surface area contributed by atoms with Gasteiger partial charge in [-0.25, -0.2) is 0 Å². The molecule has 0 bridgehead atoms. The van der Waals surface area contributed by atoms with E-state index in [1.807, 2.05) is 0 Å². The summed E-state index contributed by atoms with van der Waals surface area (Å²) >= 11 is 0. The molecule has 0 amide bonds. The first-order valence-corrected chi connectivity index (χ1v) is 5.87. The minimum absolute atomic E-state index is 0.00116. The Balaban J connectivity index is 2.46. The number of phenols is 2. The molecule has 0 unspecified atom stereocenters. The van der Waals surface area contributed by atoms with Gasteiger partial charge in [-0.15, -0.1) is 0 Å². The summed E-state index contributed by atoms with van der Waals surface area (Å²) in [4.78, 5) is 12.3. The Morgan fingerprint density at radius 1 is 1.11 bits per heavy atom. The van der Waals surface area contributed by atoms with Crippen LogP contribution in [0.25, 0.3) is 11.0 Å². The lowest BCUT2D eigenvalue weighted by Gasteiger charge is -2.23. The molecular weight excluding hydrogens is 252 g/mol. The summed E-state index contributed by atoms with van der Waals surface area (Å²) in [5, 5.41) is 38.7. The summed E-state index contributed by atoms with van der Waals surface area (Å²) in [5.74, 6) is -0.668. The molecular formula is C13H12O6. The zero-order valence-corrected chi connectivity index (χ0v) is 9.83. The van der Waals surface area contributed by atoms with Crippen molar-refractivity contribution in [1.29, 1.82) is 0 Å². The second-order valence-electron chi connectivity index (χ2n) is 4.66. The maximum Gasteiger partial charge on any atom is 0.202 e. The number of aliphatic hydroxyl groups is 2. The molecule has 0 aliphatic heterocycles. The SMILES string of the molecule is O=c1c2c(oc3cc(O)cc(O)c13)[C@H](O)CC[C@H]2O. The number of aliphatic hydroxyl groups excluding tert-OH is 2. The molecule has 6 heteroatoms. The van der Waals surface area contributed by atoms with Gasteiger partial charge >= 0.3 is 0 Å². The van der Waals surface area contributed by atoms with E-state index in [4.69, 9.17) is 4.42 Å². The minimum Gasteiger partial charge on any atom is -0.508 e. The van der Waals surface area contributed by atoms with Crippen LogP contribution < -0.4 is 5.43 Å². The summed E-state index contributed by atoms with van der Waals surface area (Å²) in [6.45, 7) is 0.